The van der Waals surface area contributed by atoms with Gasteiger partial charge in [-0.25, -0.2) is 4.98 Å². The van der Waals surface area contributed by atoms with Crippen molar-refractivity contribution in [3.63, 3.8) is 0 Å². The standard InChI is InChI=1S/C29H29N3O2/c1-21-7-12-25(17-27(21)34-2)29(13-14-29)28(33)31-18-24-5-3-4-6-26(24)23-10-8-22(9-11-23)19-32-16-15-30-20-32/h3-12,15-17,20H,13-14,18-19H2,1-2H3,(H,31,33). The summed E-state index contributed by atoms with van der Waals surface area (Å²) in [6.45, 7) is 3.31. The first kappa shape index (κ1) is 22.0. The van der Waals surface area contributed by atoms with Crippen LogP contribution in [0.3, 0.4) is 0 Å². The number of carbonyl (C=O) groups is 1. The molecule has 172 valence electrons. The van der Waals surface area contributed by atoms with Crippen molar-refractivity contribution in [3.8, 4) is 16.9 Å². The second kappa shape index (κ2) is 9.18. The van der Waals surface area contributed by atoms with E-state index in [4.69, 9.17) is 4.74 Å². The number of rotatable bonds is 8. The molecule has 5 nitrogen and oxygen atoms in total. The Hall–Kier alpha value is -3.86. The predicted molar refractivity (Wildman–Crippen MR) is 134 cm³/mol. The Labute approximate surface area is 200 Å². The summed E-state index contributed by atoms with van der Waals surface area (Å²) in [5.41, 5.74) is 6.28. The van der Waals surface area contributed by atoms with Crippen molar-refractivity contribution in [1.29, 1.82) is 0 Å². The molecule has 5 heteroatoms. The molecule has 1 aromatic heterocycles. The minimum absolute atomic E-state index is 0.0869. The van der Waals surface area contributed by atoms with Crippen molar-refractivity contribution in [2.24, 2.45) is 0 Å². The Bertz CT molecular complexity index is 1290. The molecule has 1 aliphatic carbocycles. The summed E-state index contributed by atoms with van der Waals surface area (Å²) >= 11 is 0. The van der Waals surface area contributed by atoms with Gasteiger partial charge in [-0.05, 0) is 59.2 Å². The van der Waals surface area contributed by atoms with Gasteiger partial charge in [-0.2, -0.15) is 0 Å². The number of amides is 1. The number of methoxy groups -OCH3 is 1. The summed E-state index contributed by atoms with van der Waals surface area (Å²) in [4.78, 5) is 17.4. The number of carbonyl (C=O) groups excluding carboxylic acids is 1. The predicted octanol–water partition coefficient (Wildman–Crippen LogP) is 5.26. The third-order valence-electron chi connectivity index (χ3n) is 6.79. The molecular formula is C29H29N3O2. The SMILES string of the molecule is COc1cc(C2(C(=O)NCc3ccccc3-c3ccc(Cn4ccnc4)cc3)CC2)ccc1C. The number of aryl methyl sites for hydroxylation is 1. The van der Waals surface area contributed by atoms with Gasteiger partial charge in [-0.15, -0.1) is 0 Å². The van der Waals surface area contributed by atoms with E-state index in [0.29, 0.717) is 6.54 Å². The smallest absolute Gasteiger partial charge is 0.230 e. The second-order valence-corrected chi connectivity index (χ2v) is 9.04. The lowest BCUT2D eigenvalue weighted by Crippen LogP contribution is -2.34. The average molecular weight is 452 g/mol. The van der Waals surface area contributed by atoms with Gasteiger partial charge in [0.25, 0.3) is 0 Å². The Kier molecular flexibility index (Phi) is 5.93. The van der Waals surface area contributed by atoms with Crippen LogP contribution in [0.5, 0.6) is 5.75 Å². The molecule has 1 amide bonds. The van der Waals surface area contributed by atoms with Gasteiger partial charge < -0.3 is 14.6 Å². The van der Waals surface area contributed by atoms with E-state index in [1.54, 1.807) is 13.3 Å². The fraction of sp³-hybridized carbons (Fsp3) is 0.241. The molecule has 0 unspecified atom stereocenters. The molecule has 0 saturated heterocycles. The average Bonchev–Trinajstić information content (AvgIpc) is 3.53. The van der Waals surface area contributed by atoms with Crippen molar-refractivity contribution in [3.05, 3.63) is 108 Å². The molecule has 3 aromatic carbocycles. The van der Waals surface area contributed by atoms with Gasteiger partial charge >= 0.3 is 0 Å². The highest BCUT2D eigenvalue weighted by Gasteiger charge is 2.51. The molecular weight excluding hydrogens is 422 g/mol. The number of benzene rings is 3. The largest absolute Gasteiger partial charge is 0.496 e. The van der Waals surface area contributed by atoms with E-state index in [9.17, 15) is 4.79 Å². The third-order valence-corrected chi connectivity index (χ3v) is 6.79. The lowest BCUT2D eigenvalue weighted by molar-refractivity contribution is -0.123. The van der Waals surface area contributed by atoms with Crippen LogP contribution in [-0.2, 0) is 23.3 Å². The molecule has 0 aliphatic heterocycles. The number of nitrogens with zero attached hydrogens (tertiary/aromatic N) is 2. The van der Waals surface area contributed by atoms with E-state index in [2.05, 4.69) is 57.3 Å². The van der Waals surface area contributed by atoms with Crippen LogP contribution in [0.1, 0.15) is 35.1 Å². The summed E-state index contributed by atoms with van der Waals surface area (Å²) in [7, 11) is 1.67. The van der Waals surface area contributed by atoms with Crippen LogP contribution >= 0.6 is 0 Å². The maximum absolute atomic E-state index is 13.3. The molecule has 0 spiro atoms. The third kappa shape index (κ3) is 4.34. The van der Waals surface area contributed by atoms with Gasteiger partial charge in [-0.3, -0.25) is 4.79 Å². The van der Waals surface area contributed by atoms with Gasteiger partial charge in [0, 0.05) is 25.5 Å². The molecule has 1 heterocycles. The zero-order chi connectivity index (χ0) is 23.5. The maximum atomic E-state index is 13.3. The van der Waals surface area contributed by atoms with Gasteiger partial charge in [-0.1, -0.05) is 60.7 Å². The minimum atomic E-state index is -0.440. The molecule has 5 rings (SSSR count). The summed E-state index contributed by atoms with van der Waals surface area (Å²) < 4.78 is 7.54. The highest BCUT2D eigenvalue weighted by atomic mass is 16.5. The first-order valence-electron chi connectivity index (χ1n) is 11.7. The van der Waals surface area contributed by atoms with Crippen molar-refractivity contribution in [2.75, 3.05) is 7.11 Å². The summed E-state index contributed by atoms with van der Waals surface area (Å²) in [5.74, 6) is 0.919. The fourth-order valence-corrected chi connectivity index (χ4v) is 4.57. The number of nitrogens with one attached hydrogen (secondary N) is 1. The van der Waals surface area contributed by atoms with Crippen molar-refractivity contribution in [1.82, 2.24) is 14.9 Å². The molecule has 4 aromatic rings. The zero-order valence-corrected chi connectivity index (χ0v) is 19.6. The van der Waals surface area contributed by atoms with Gasteiger partial charge in [0.1, 0.15) is 5.75 Å². The van der Waals surface area contributed by atoms with E-state index in [1.165, 1.54) is 5.56 Å². The Morgan fingerprint density at radius 2 is 1.88 bits per heavy atom. The number of aromatic nitrogens is 2. The van der Waals surface area contributed by atoms with Crippen LogP contribution in [-0.4, -0.2) is 22.6 Å². The van der Waals surface area contributed by atoms with Crippen LogP contribution in [0.2, 0.25) is 0 Å². The first-order chi connectivity index (χ1) is 16.6. The molecule has 34 heavy (non-hydrogen) atoms. The summed E-state index contributed by atoms with van der Waals surface area (Å²) in [6.07, 6.45) is 7.31. The van der Waals surface area contributed by atoms with Crippen LogP contribution < -0.4 is 10.1 Å². The van der Waals surface area contributed by atoms with Crippen LogP contribution in [0.25, 0.3) is 11.1 Å². The first-order valence-corrected chi connectivity index (χ1v) is 11.7. The summed E-state index contributed by atoms with van der Waals surface area (Å²) in [6, 6.07) is 23.0. The van der Waals surface area contributed by atoms with E-state index < -0.39 is 5.41 Å². The Balaban J connectivity index is 1.30. The van der Waals surface area contributed by atoms with Crippen molar-refractivity contribution in [2.45, 2.75) is 38.3 Å². The van der Waals surface area contributed by atoms with Crippen LogP contribution in [0.4, 0.5) is 0 Å². The number of ether oxygens (including phenoxy) is 1. The molecule has 1 N–H and O–H groups in total. The zero-order valence-electron chi connectivity index (χ0n) is 19.6. The van der Waals surface area contributed by atoms with Gasteiger partial charge in [0.15, 0.2) is 0 Å². The molecule has 1 saturated carbocycles. The van der Waals surface area contributed by atoms with Crippen LogP contribution in [0, 0.1) is 6.92 Å². The van der Waals surface area contributed by atoms with E-state index in [1.807, 2.05) is 43.7 Å². The molecule has 0 atom stereocenters. The van der Waals surface area contributed by atoms with Gasteiger partial charge in [0.2, 0.25) is 5.91 Å². The summed E-state index contributed by atoms with van der Waals surface area (Å²) in [5, 5.41) is 3.21. The van der Waals surface area contributed by atoms with E-state index in [0.717, 1.165) is 53.0 Å². The lowest BCUT2D eigenvalue weighted by atomic mass is 9.93. The number of imidazole rings is 1. The van der Waals surface area contributed by atoms with Crippen molar-refractivity contribution >= 4 is 5.91 Å². The molecule has 1 aliphatic rings. The van der Waals surface area contributed by atoms with E-state index in [-0.39, 0.29) is 5.91 Å². The molecule has 0 bridgehead atoms. The van der Waals surface area contributed by atoms with Crippen LogP contribution in [0.15, 0.2) is 85.5 Å². The normalized spacial score (nSPS) is 13.9. The molecule has 0 radical (unpaired) electrons. The van der Waals surface area contributed by atoms with Crippen molar-refractivity contribution < 1.29 is 9.53 Å². The van der Waals surface area contributed by atoms with E-state index >= 15 is 0 Å². The van der Waals surface area contributed by atoms with Gasteiger partial charge in [0.05, 0.1) is 18.9 Å². The monoisotopic (exact) mass is 451 g/mol. The maximum Gasteiger partial charge on any atom is 0.230 e. The fourth-order valence-electron chi connectivity index (χ4n) is 4.57. The quantitative estimate of drug-likeness (QED) is 0.397. The Morgan fingerprint density at radius 3 is 2.59 bits per heavy atom. The highest BCUT2D eigenvalue weighted by molar-refractivity contribution is 5.91. The Morgan fingerprint density at radius 1 is 1.09 bits per heavy atom. The number of hydrogen-bond donors (Lipinski definition) is 1. The topological polar surface area (TPSA) is 56.1 Å². The number of hydrogen-bond acceptors (Lipinski definition) is 3. The minimum Gasteiger partial charge on any atom is -0.496 e. The molecule has 1 fully saturated rings. The lowest BCUT2D eigenvalue weighted by Gasteiger charge is -2.18. The highest BCUT2D eigenvalue weighted by Crippen LogP contribution is 2.49. The second-order valence-electron chi connectivity index (χ2n) is 9.04.